The average molecular weight is 2050 g/mol. The minimum atomic E-state index is -1.23. The molecule has 0 saturated carbocycles. The fourth-order valence-corrected chi connectivity index (χ4v) is 18.7. The quantitative estimate of drug-likeness (QED) is 0.0124. The summed E-state index contributed by atoms with van der Waals surface area (Å²) in [7, 11) is 0. The number of ether oxygens (including phenoxy) is 2. The normalized spacial score (nSPS) is 15.1. The highest BCUT2D eigenvalue weighted by Gasteiger charge is 2.47. The number of nitrogens with two attached hydrogens (primary N) is 3. The molecule has 38 nitrogen and oxygen atoms in total. The third kappa shape index (κ3) is 34.5. The summed E-state index contributed by atoms with van der Waals surface area (Å²) in [6, 6.07) is 13.4. The number of β-amino-alcohol motifs (C(OH)–C–C–N with tert-alkyl or cyclic N) is 2. The maximum absolute atomic E-state index is 14.0. The number of fused-ring (bicyclic) bond motifs is 2. The third-order valence-corrected chi connectivity index (χ3v) is 26.9. The number of nitrogens with one attached hydrogen (secondary N) is 4. The van der Waals surface area contributed by atoms with E-state index in [0.29, 0.717) is 140 Å². The topological polar surface area (TPSA) is 554 Å². The molecule has 0 unspecified atom stereocenters. The first kappa shape index (κ1) is 117. The number of amides is 6. The predicted octanol–water partition coefficient (Wildman–Crippen LogP) is 14.1. The van der Waals surface area contributed by atoms with E-state index in [0.717, 1.165) is 146 Å². The average Bonchev–Trinajstić information content (AvgIpc) is 1.60. The molecule has 0 radical (unpaired) electrons. The third-order valence-electron chi connectivity index (χ3n) is 25.0. The van der Waals surface area contributed by atoms with Gasteiger partial charge in [0.15, 0.2) is 46.2 Å². The zero-order valence-electron chi connectivity index (χ0n) is 86.1. The fourth-order valence-electron chi connectivity index (χ4n) is 17.1. The zero-order chi connectivity index (χ0) is 105. The molecule has 0 spiro atoms. The standard InChI is InChI=1S/C52H71N11O8S.C30H44N4O4S.C23H30N6O5.CH4/c1-8-62-44-39(30-55-37(24-25-52(6,7)69)42(44)59-48(62)43-47(53)61-71-60-43)70-27-17-13-9-10-14-18-40(65)54-26-16-12-11-15-19-41(66)58-46(51(3,4)5)50(68)63-31-36(64)28-38(63)49(67)56-29-34-20-22-35(23-21-34)45-33(2)57-32-72-45;1-20-27(39-19-33-20)22-12-10-21(11-13-22)17-32-28(37)26-16-24(36)18-34(26)29(38)25(30(2,3)4)15-23(35)9-7-5-6-8-14-31;1-4-29-20-16(33-13-9-7-5-6-8-10-17(30)31)14-25-15(11-12-23(2,3)32)18(20)26-22(29)19-21(24)28-34-27-19;/h20-23,30,32,36,38,46,64,69H,8-19,26-29,31H2,1-7H3,(H2,53,61)(H,54,65)(H,56,67)(H,58,66);10-13,19,24-26,36H,5-9,14-18,31H2,1-4H3,(H,32,37);14,32H,4-10,13H2,1-3H3,(H2,24,28)(H,30,31);1H4/t36-,38+,46-;24-,25-,26+;;/m11../s1. The Morgan fingerprint density at radius 1 is 0.521 bits per heavy atom. The number of aliphatic carboxylic acids is 1. The van der Waals surface area contributed by atoms with E-state index < -0.39 is 70.2 Å². The van der Waals surface area contributed by atoms with Gasteiger partial charge in [0.2, 0.25) is 35.4 Å². The number of anilines is 2. The van der Waals surface area contributed by atoms with Gasteiger partial charge >= 0.3 is 5.97 Å². The number of imidazole rings is 2. The number of hydrogen-bond acceptors (Lipinski definition) is 31. The number of ketones is 1. The van der Waals surface area contributed by atoms with Crippen LogP contribution >= 0.6 is 22.7 Å². The van der Waals surface area contributed by atoms with E-state index in [-0.39, 0.29) is 106 Å². The smallest absolute Gasteiger partial charge is 0.303 e. The number of carbonyl (C=O) groups excluding carboxylic acids is 7. The zero-order valence-corrected chi connectivity index (χ0v) is 87.7. The number of carbonyl (C=O) groups is 8. The van der Waals surface area contributed by atoms with Crippen molar-refractivity contribution in [3.05, 3.63) is 106 Å². The van der Waals surface area contributed by atoms with Crippen molar-refractivity contribution in [3.63, 3.8) is 0 Å². The molecule has 0 aliphatic carbocycles. The summed E-state index contributed by atoms with van der Waals surface area (Å²) in [5.74, 6) is 10.9. The number of carboxylic acids is 1. The molecule has 6 atom stereocenters. The molecule has 40 heteroatoms. The Kier molecular flexibility index (Phi) is 44.6. The van der Waals surface area contributed by atoms with E-state index in [1.807, 2.05) is 138 Å². The molecule has 10 aromatic rings. The Morgan fingerprint density at radius 3 is 1.33 bits per heavy atom. The van der Waals surface area contributed by atoms with E-state index in [4.69, 9.17) is 46.0 Å². The Labute approximate surface area is 862 Å². The fraction of sp³-hybridized carbons (Fsp3) is 0.566. The Hall–Kier alpha value is -12.7. The second-order valence-electron chi connectivity index (χ2n) is 40.1. The Bertz CT molecular complexity index is 6090. The number of hydrogen-bond donors (Lipinski definition) is 12. The van der Waals surface area contributed by atoms with Crippen LogP contribution in [0, 0.1) is 54.3 Å². The van der Waals surface area contributed by atoms with Gasteiger partial charge in [0.05, 0.1) is 70.0 Å². The summed E-state index contributed by atoms with van der Waals surface area (Å²) < 4.78 is 25.7. The molecular formula is C106H149N21O17S2. The van der Waals surface area contributed by atoms with E-state index in [1.54, 1.807) is 62.8 Å². The second-order valence-corrected chi connectivity index (χ2v) is 41.8. The number of aliphatic hydroxyl groups excluding tert-OH is 2. The molecule has 10 heterocycles. The number of nitrogens with zero attached hydrogens (tertiary/aromatic N) is 14. The van der Waals surface area contributed by atoms with Crippen molar-refractivity contribution < 1.29 is 82.6 Å². The van der Waals surface area contributed by atoms with Crippen LogP contribution in [0.15, 0.2) is 81.2 Å². The molecule has 2 aliphatic heterocycles. The van der Waals surface area contributed by atoms with E-state index in [9.17, 15) is 58.8 Å². The van der Waals surface area contributed by atoms with Crippen LogP contribution in [0.5, 0.6) is 11.5 Å². The second kappa shape index (κ2) is 55.7. The van der Waals surface area contributed by atoms with Crippen LogP contribution in [0.1, 0.15) is 285 Å². The molecule has 12 rings (SSSR count). The highest BCUT2D eigenvalue weighted by atomic mass is 32.1. The number of likely N-dealkylation sites (tertiary alicyclic amines) is 2. The first-order valence-corrected chi connectivity index (χ1v) is 52.0. The van der Waals surface area contributed by atoms with Crippen molar-refractivity contribution in [2.45, 2.75) is 333 Å². The van der Waals surface area contributed by atoms with Crippen molar-refractivity contribution >= 4 is 104 Å². The van der Waals surface area contributed by atoms with Gasteiger partial charge in [-0.1, -0.05) is 174 Å². The van der Waals surface area contributed by atoms with Crippen LogP contribution in [0.4, 0.5) is 11.6 Å². The molecule has 792 valence electrons. The molecule has 8 aromatic heterocycles. The van der Waals surface area contributed by atoms with E-state index >= 15 is 0 Å². The monoisotopic (exact) mass is 2050 g/mol. The number of aromatic nitrogens is 12. The van der Waals surface area contributed by atoms with Crippen molar-refractivity contribution in [1.29, 1.82) is 0 Å². The maximum atomic E-state index is 14.0. The molecular weight excluding hydrogens is 1900 g/mol. The van der Waals surface area contributed by atoms with Gasteiger partial charge in [0, 0.05) is 96.7 Å². The molecule has 2 aromatic carbocycles. The number of aryl methyl sites for hydroxylation is 4. The maximum Gasteiger partial charge on any atom is 0.303 e. The Balaban J connectivity index is 0.000000269. The molecule has 146 heavy (non-hydrogen) atoms. The van der Waals surface area contributed by atoms with Gasteiger partial charge < -0.3 is 92.4 Å². The summed E-state index contributed by atoms with van der Waals surface area (Å²) in [5.41, 5.74) is 27.3. The Morgan fingerprint density at radius 2 is 0.932 bits per heavy atom. The molecule has 15 N–H and O–H groups in total. The van der Waals surface area contributed by atoms with Gasteiger partial charge in [-0.05, 0) is 179 Å². The number of benzene rings is 2. The van der Waals surface area contributed by atoms with Crippen LogP contribution in [0.25, 0.3) is 66.0 Å². The molecule has 2 aliphatic rings. The first-order chi connectivity index (χ1) is 69.1. The lowest BCUT2D eigenvalue weighted by Crippen LogP contribution is -2.57. The van der Waals surface area contributed by atoms with Crippen LogP contribution in [-0.4, -0.2) is 223 Å². The van der Waals surface area contributed by atoms with Crippen molar-refractivity contribution in [1.82, 2.24) is 90.7 Å². The van der Waals surface area contributed by atoms with Gasteiger partial charge in [-0.2, -0.15) is 0 Å². The van der Waals surface area contributed by atoms with Crippen LogP contribution in [0.2, 0.25) is 0 Å². The number of Topliss-reactive ketones (excluding diaryl/α,β-unsaturated/α-hetero) is 1. The molecule has 6 amide bonds. The summed E-state index contributed by atoms with van der Waals surface area (Å²) in [6.45, 7) is 29.6. The van der Waals surface area contributed by atoms with E-state index in [2.05, 4.69) is 90.5 Å². The lowest BCUT2D eigenvalue weighted by Gasteiger charge is -2.35. The van der Waals surface area contributed by atoms with Crippen molar-refractivity contribution in [2.24, 2.45) is 22.5 Å². The number of unbranched alkanes of at least 4 members (excludes halogenated alkanes) is 14. The first-order valence-electron chi connectivity index (χ1n) is 50.3. The summed E-state index contributed by atoms with van der Waals surface area (Å²) in [4.78, 5) is 136. The highest BCUT2D eigenvalue weighted by Crippen LogP contribution is 2.39. The minimum Gasteiger partial charge on any atom is -0.490 e. The summed E-state index contributed by atoms with van der Waals surface area (Å²) in [6.07, 6.45) is 18.8. The molecule has 2 saturated heterocycles. The minimum absolute atomic E-state index is 0. The predicted molar refractivity (Wildman–Crippen MR) is 562 cm³/mol. The van der Waals surface area contributed by atoms with Gasteiger partial charge in [-0.15, -0.1) is 22.7 Å². The molecule has 0 bridgehead atoms. The summed E-state index contributed by atoms with van der Waals surface area (Å²) in [5, 5.41) is 76.9. The number of aliphatic hydroxyl groups is 4. The van der Waals surface area contributed by atoms with Gasteiger partial charge in [-0.25, -0.2) is 39.2 Å². The van der Waals surface area contributed by atoms with Crippen LogP contribution in [-0.2, 0) is 64.5 Å². The number of nitrogen functional groups attached to an aromatic ring is 2. The lowest BCUT2D eigenvalue weighted by atomic mass is 9.76. The van der Waals surface area contributed by atoms with Crippen LogP contribution < -0.4 is 47.9 Å². The van der Waals surface area contributed by atoms with E-state index in [1.165, 1.54) is 9.80 Å². The van der Waals surface area contributed by atoms with Crippen molar-refractivity contribution in [3.8, 4) is 79.1 Å². The highest BCUT2D eigenvalue weighted by molar-refractivity contribution is 7.13. The number of carboxylic acid groups (broad SMARTS) is 1. The largest absolute Gasteiger partial charge is 0.490 e. The molecule has 2 fully saturated rings. The number of pyridine rings is 2. The number of thiazole rings is 2. The summed E-state index contributed by atoms with van der Waals surface area (Å²) >= 11 is 3.17. The van der Waals surface area contributed by atoms with Crippen molar-refractivity contribution in [2.75, 3.05) is 50.9 Å². The van der Waals surface area contributed by atoms with Gasteiger partial charge in [-0.3, -0.25) is 38.4 Å². The van der Waals surface area contributed by atoms with Gasteiger partial charge in [0.25, 0.3) is 0 Å². The van der Waals surface area contributed by atoms with Gasteiger partial charge in [0.1, 0.15) is 68.6 Å². The SMILES string of the molecule is C.CCn1c(-c2nonc2N)nc2c(C#CC(C)(C)O)ncc(OCCCCCCCC(=O)NCCCCCCC(=O)N[C@H](C(=O)N3C[C@H](O)C[C@H]3C(=O)NCc3ccc(-c4scnc4C)cc3)C(C)(C)C)c21.CCn1c(-c2nonc2N)nc2c(C#CC(C)(C)O)ncc(OCCCCCCCC(=O)O)c21.Cc1ncsc1-c1ccc(CNC(=O)[C@@H]2C[C@@H](O)CN2C(=O)[C@@H](CC(=O)CCCCCCN)C(C)(C)C)cc1. The lowest BCUT2D eigenvalue weighted by molar-refractivity contribution is -0.146. The number of rotatable bonds is 48. The van der Waals surface area contributed by atoms with Crippen LogP contribution in [0.3, 0.4) is 0 Å².